The Kier molecular flexibility index (Phi) is 4.94. The van der Waals surface area contributed by atoms with E-state index in [1.807, 2.05) is 6.07 Å². The van der Waals surface area contributed by atoms with Crippen LogP contribution in [0.1, 0.15) is 0 Å². The Morgan fingerprint density at radius 2 is 2.19 bits per heavy atom. The molecule has 21 heavy (non-hydrogen) atoms. The zero-order valence-corrected chi connectivity index (χ0v) is 12.1. The summed E-state index contributed by atoms with van der Waals surface area (Å²) in [5.41, 5.74) is 2.11. The molecule has 0 bridgehead atoms. The minimum atomic E-state index is -0.273. The normalized spacial score (nSPS) is 14.4. The van der Waals surface area contributed by atoms with E-state index < -0.39 is 0 Å². The molecule has 0 aliphatic carbocycles. The number of rotatable bonds is 5. The molecule has 6 heteroatoms. The smallest absolute Gasteiger partial charge is 0.247 e. The van der Waals surface area contributed by atoms with E-state index in [0.29, 0.717) is 30.3 Å². The molecule has 1 fully saturated rings. The second-order valence-electron chi connectivity index (χ2n) is 4.49. The number of ether oxygens (including phenoxy) is 2. The van der Waals surface area contributed by atoms with Crippen LogP contribution in [0.25, 0.3) is 0 Å². The molecule has 6 nitrogen and oxygen atoms in total. The summed E-state index contributed by atoms with van der Waals surface area (Å²) >= 11 is 0. The van der Waals surface area contributed by atoms with Gasteiger partial charge in [-0.3, -0.25) is 9.79 Å². The highest BCUT2D eigenvalue weighted by Crippen LogP contribution is 2.38. The summed E-state index contributed by atoms with van der Waals surface area (Å²) in [4.78, 5) is 17.7. The van der Waals surface area contributed by atoms with Crippen molar-refractivity contribution in [3.05, 3.63) is 24.8 Å². The first-order valence-corrected chi connectivity index (χ1v) is 6.64. The van der Waals surface area contributed by atoms with E-state index >= 15 is 0 Å². The van der Waals surface area contributed by atoms with Crippen LogP contribution in [0.2, 0.25) is 0 Å². The van der Waals surface area contributed by atoms with Crippen LogP contribution in [-0.2, 0) is 9.53 Å². The van der Waals surface area contributed by atoms with Crippen molar-refractivity contribution < 1.29 is 14.3 Å². The topological polar surface area (TPSA) is 63.2 Å². The molecule has 1 heterocycles. The van der Waals surface area contributed by atoms with Gasteiger partial charge in [-0.15, -0.1) is 0 Å². The van der Waals surface area contributed by atoms with Crippen molar-refractivity contribution in [2.75, 3.05) is 43.6 Å². The third-order valence-corrected chi connectivity index (χ3v) is 3.26. The van der Waals surface area contributed by atoms with E-state index in [-0.39, 0.29) is 5.91 Å². The molecule has 0 spiro atoms. The third-order valence-electron chi connectivity index (χ3n) is 3.26. The van der Waals surface area contributed by atoms with Crippen molar-refractivity contribution in [1.29, 1.82) is 0 Å². The van der Waals surface area contributed by atoms with Crippen molar-refractivity contribution in [2.24, 2.45) is 4.99 Å². The molecular weight excluding hydrogens is 270 g/mol. The highest BCUT2D eigenvalue weighted by atomic mass is 16.5. The molecular formula is C15H19N3O3. The van der Waals surface area contributed by atoms with Crippen LogP contribution in [0.3, 0.4) is 0 Å². The average molecular weight is 289 g/mol. The number of methoxy groups -OCH3 is 1. The number of nitrogens with one attached hydrogen (secondary N) is 1. The van der Waals surface area contributed by atoms with Gasteiger partial charge in [0.1, 0.15) is 11.4 Å². The summed E-state index contributed by atoms with van der Waals surface area (Å²) < 4.78 is 10.7. The lowest BCUT2D eigenvalue weighted by Crippen LogP contribution is -2.36. The van der Waals surface area contributed by atoms with Gasteiger partial charge in [0.25, 0.3) is 0 Å². The number of morpholine rings is 1. The lowest BCUT2D eigenvalue weighted by atomic mass is 10.2. The fourth-order valence-electron chi connectivity index (χ4n) is 2.19. The Morgan fingerprint density at radius 1 is 1.48 bits per heavy atom. The lowest BCUT2D eigenvalue weighted by molar-refractivity contribution is -0.111. The Bertz CT molecular complexity index is 551. The molecule has 0 aromatic heterocycles. The van der Waals surface area contributed by atoms with E-state index in [1.54, 1.807) is 13.2 Å². The number of benzene rings is 1. The lowest BCUT2D eigenvalue weighted by Gasteiger charge is -2.31. The summed E-state index contributed by atoms with van der Waals surface area (Å²) in [6.45, 7) is 9.80. The van der Waals surface area contributed by atoms with Crippen molar-refractivity contribution in [2.45, 2.75) is 0 Å². The third kappa shape index (κ3) is 3.41. The zero-order valence-electron chi connectivity index (χ0n) is 12.1. The van der Waals surface area contributed by atoms with Crippen molar-refractivity contribution in [1.82, 2.24) is 0 Å². The molecule has 1 aromatic rings. The number of aliphatic imine (C=N–C) groups is 1. The van der Waals surface area contributed by atoms with Crippen LogP contribution in [0.5, 0.6) is 5.75 Å². The van der Waals surface area contributed by atoms with Crippen LogP contribution in [0.4, 0.5) is 17.1 Å². The first-order chi connectivity index (χ1) is 10.2. The highest BCUT2D eigenvalue weighted by Gasteiger charge is 2.18. The maximum atomic E-state index is 11.6. The van der Waals surface area contributed by atoms with Gasteiger partial charge in [-0.05, 0) is 18.9 Å². The molecule has 1 N–H and O–H groups in total. The second kappa shape index (κ2) is 6.90. The van der Waals surface area contributed by atoms with Gasteiger partial charge in [-0.25, -0.2) is 0 Å². The van der Waals surface area contributed by atoms with Gasteiger partial charge in [0.15, 0.2) is 0 Å². The van der Waals surface area contributed by atoms with Crippen LogP contribution in [-0.4, -0.2) is 46.0 Å². The predicted molar refractivity (Wildman–Crippen MR) is 84.1 cm³/mol. The molecule has 2 rings (SSSR count). The minimum Gasteiger partial charge on any atom is -0.494 e. The average Bonchev–Trinajstić information content (AvgIpc) is 2.55. The van der Waals surface area contributed by atoms with Gasteiger partial charge >= 0.3 is 0 Å². The van der Waals surface area contributed by atoms with Gasteiger partial charge in [0.05, 0.1) is 31.7 Å². The van der Waals surface area contributed by atoms with Gasteiger partial charge in [0, 0.05) is 19.2 Å². The Labute approximate surface area is 124 Å². The van der Waals surface area contributed by atoms with Crippen LogP contribution >= 0.6 is 0 Å². The van der Waals surface area contributed by atoms with Gasteiger partial charge in [0.2, 0.25) is 5.91 Å². The van der Waals surface area contributed by atoms with E-state index in [2.05, 4.69) is 28.5 Å². The molecule has 1 amide bonds. The van der Waals surface area contributed by atoms with E-state index in [0.717, 1.165) is 18.8 Å². The van der Waals surface area contributed by atoms with Crippen LogP contribution in [0.15, 0.2) is 29.8 Å². The maximum Gasteiger partial charge on any atom is 0.247 e. The number of carbonyl (C=O) groups is 1. The fraction of sp³-hybridized carbons (Fsp3) is 0.333. The van der Waals surface area contributed by atoms with E-state index in [9.17, 15) is 4.79 Å². The van der Waals surface area contributed by atoms with Gasteiger partial charge < -0.3 is 19.7 Å². The monoisotopic (exact) mass is 289 g/mol. The van der Waals surface area contributed by atoms with Gasteiger partial charge in [-0.1, -0.05) is 6.58 Å². The number of anilines is 2. The molecule has 1 aliphatic heterocycles. The first kappa shape index (κ1) is 15.1. The summed E-state index contributed by atoms with van der Waals surface area (Å²) in [6.07, 6.45) is 1.23. The number of amides is 1. The standard InChI is InChI=1S/C15H19N3O3/c1-4-15(19)17-11-9-12(16-2)14(20-3)10-13(11)18-5-7-21-8-6-18/h4,9-10H,1-2,5-8H2,3H3,(H,17,19). The molecule has 0 atom stereocenters. The van der Waals surface area contributed by atoms with Crippen LogP contribution < -0.4 is 15.0 Å². The maximum absolute atomic E-state index is 11.6. The van der Waals surface area contributed by atoms with Crippen molar-refractivity contribution in [3.8, 4) is 5.75 Å². The molecule has 0 saturated carbocycles. The summed E-state index contributed by atoms with van der Waals surface area (Å²) in [7, 11) is 1.58. The molecule has 0 unspecified atom stereocenters. The Hall–Kier alpha value is -2.34. The number of hydrogen-bond acceptors (Lipinski definition) is 5. The summed E-state index contributed by atoms with van der Waals surface area (Å²) in [6, 6.07) is 3.60. The Balaban J connectivity index is 2.44. The SMILES string of the molecule is C=CC(=O)Nc1cc(N=C)c(OC)cc1N1CCOCC1. The Morgan fingerprint density at radius 3 is 2.76 bits per heavy atom. The zero-order chi connectivity index (χ0) is 15.2. The minimum absolute atomic E-state index is 0.273. The first-order valence-electron chi connectivity index (χ1n) is 6.64. The quantitative estimate of drug-likeness (QED) is 0.665. The fourth-order valence-corrected chi connectivity index (χ4v) is 2.19. The number of hydrogen-bond donors (Lipinski definition) is 1. The van der Waals surface area contributed by atoms with E-state index in [1.165, 1.54) is 6.08 Å². The van der Waals surface area contributed by atoms with Crippen LogP contribution in [0, 0.1) is 0 Å². The summed E-state index contributed by atoms with van der Waals surface area (Å²) in [5.74, 6) is 0.341. The second-order valence-corrected chi connectivity index (χ2v) is 4.49. The molecule has 1 saturated heterocycles. The molecule has 0 radical (unpaired) electrons. The largest absolute Gasteiger partial charge is 0.494 e. The van der Waals surface area contributed by atoms with E-state index in [4.69, 9.17) is 9.47 Å². The van der Waals surface area contributed by atoms with Crippen molar-refractivity contribution in [3.63, 3.8) is 0 Å². The number of nitrogens with zero attached hydrogens (tertiary/aromatic N) is 2. The molecule has 112 valence electrons. The predicted octanol–water partition coefficient (Wildman–Crippen LogP) is 1.99. The molecule has 1 aromatic carbocycles. The highest BCUT2D eigenvalue weighted by molar-refractivity contribution is 6.02. The summed E-state index contributed by atoms with van der Waals surface area (Å²) in [5, 5.41) is 2.80. The number of carbonyl (C=O) groups excluding carboxylic acids is 1. The van der Waals surface area contributed by atoms with Crippen molar-refractivity contribution >= 4 is 29.7 Å². The molecule has 1 aliphatic rings. The van der Waals surface area contributed by atoms with Gasteiger partial charge in [-0.2, -0.15) is 0 Å².